The molecule has 2 aromatic rings. The Bertz CT molecular complexity index is 519. The van der Waals surface area contributed by atoms with Gasteiger partial charge in [0.25, 0.3) is 0 Å². The van der Waals surface area contributed by atoms with Gasteiger partial charge >= 0.3 is 0 Å². The van der Waals surface area contributed by atoms with E-state index in [1.807, 2.05) is 6.07 Å². The Labute approximate surface area is 93.0 Å². The molecule has 82 valence electrons. The van der Waals surface area contributed by atoms with Crippen molar-refractivity contribution in [2.75, 3.05) is 12.3 Å². The highest BCUT2D eigenvalue weighted by atomic mass is 16.5. The zero-order chi connectivity index (χ0) is 11.0. The van der Waals surface area contributed by atoms with Crippen LogP contribution in [0, 0.1) is 0 Å². The van der Waals surface area contributed by atoms with Gasteiger partial charge in [-0.05, 0) is 23.6 Å². The van der Waals surface area contributed by atoms with E-state index in [0.29, 0.717) is 18.2 Å². The van der Waals surface area contributed by atoms with E-state index < -0.39 is 0 Å². The Morgan fingerprint density at radius 1 is 1.19 bits per heavy atom. The largest absolute Gasteiger partial charge is 0.381 e. The number of ether oxygens (including phenoxy) is 1. The topological polar surface area (TPSA) is 61.3 Å². The van der Waals surface area contributed by atoms with Crippen molar-refractivity contribution in [3.63, 3.8) is 0 Å². The lowest BCUT2D eigenvalue weighted by Crippen LogP contribution is -2.09. The Balaban J connectivity index is 2.02. The minimum atomic E-state index is 0.406. The highest BCUT2D eigenvalue weighted by molar-refractivity contribution is 5.61. The standard InChI is InChI=1S/C12H12N2O2/c13-12-6-11(16-14-12)9-2-1-8-3-4-15-7-10(8)5-9/h1-2,5-6H,3-4,7H2,(H2,13,14). The molecule has 1 aromatic heterocycles. The van der Waals surface area contributed by atoms with Crippen molar-refractivity contribution >= 4 is 5.82 Å². The van der Waals surface area contributed by atoms with Gasteiger partial charge in [-0.2, -0.15) is 0 Å². The summed E-state index contributed by atoms with van der Waals surface area (Å²) in [5.74, 6) is 1.11. The summed E-state index contributed by atoms with van der Waals surface area (Å²) in [6.45, 7) is 1.48. The van der Waals surface area contributed by atoms with Crippen LogP contribution in [0.2, 0.25) is 0 Å². The van der Waals surface area contributed by atoms with Crippen molar-refractivity contribution in [1.82, 2.24) is 5.16 Å². The number of nitrogen functional groups attached to an aromatic ring is 1. The van der Waals surface area contributed by atoms with Crippen LogP contribution in [-0.2, 0) is 17.8 Å². The lowest BCUT2D eigenvalue weighted by molar-refractivity contribution is 0.111. The smallest absolute Gasteiger partial charge is 0.169 e. The second-order valence-corrected chi connectivity index (χ2v) is 3.90. The number of nitrogens with zero attached hydrogens (tertiary/aromatic N) is 1. The molecule has 2 N–H and O–H groups in total. The van der Waals surface area contributed by atoms with Gasteiger partial charge in [-0.15, -0.1) is 0 Å². The van der Waals surface area contributed by atoms with E-state index in [9.17, 15) is 0 Å². The Morgan fingerprint density at radius 3 is 2.94 bits per heavy atom. The minimum absolute atomic E-state index is 0.406. The molecule has 3 rings (SSSR count). The van der Waals surface area contributed by atoms with Crippen LogP contribution in [0.15, 0.2) is 28.8 Å². The molecule has 0 radical (unpaired) electrons. The summed E-state index contributed by atoms with van der Waals surface area (Å²) in [6, 6.07) is 7.95. The van der Waals surface area contributed by atoms with Crippen molar-refractivity contribution in [2.45, 2.75) is 13.0 Å². The second-order valence-electron chi connectivity index (χ2n) is 3.90. The maximum Gasteiger partial charge on any atom is 0.169 e. The molecule has 16 heavy (non-hydrogen) atoms. The summed E-state index contributed by atoms with van der Waals surface area (Å²) in [5, 5.41) is 3.68. The molecule has 2 heterocycles. The second kappa shape index (κ2) is 3.64. The van der Waals surface area contributed by atoms with E-state index in [0.717, 1.165) is 18.6 Å². The number of hydrogen-bond acceptors (Lipinski definition) is 4. The highest BCUT2D eigenvalue weighted by Gasteiger charge is 2.12. The molecule has 0 saturated carbocycles. The summed E-state index contributed by atoms with van der Waals surface area (Å²) in [5.41, 5.74) is 9.09. The van der Waals surface area contributed by atoms with Crippen LogP contribution in [0.1, 0.15) is 11.1 Å². The van der Waals surface area contributed by atoms with Gasteiger partial charge in [0, 0.05) is 11.6 Å². The summed E-state index contributed by atoms with van der Waals surface area (Å²) in [7, 11) is 0. The number of anilines is 1. The molecule has 0 unspecified atom stereocenters. The van der Waals surface area contributed by atoms with Gasteiger partial charge in [0.15, 0.2) is 11.6 Å². The van der Waals surface area contributed by atoms with Crippen molar-refractivity contribution in [3.05, 3.63) is 35.4 Å². The molecule has 0 atom stereocenters. The molecule has 0 aliphatic carbocycles. The summed E-state index contributed by atoms with van der Waals surface area (Å²) in [6.07, 6.45) is 0.980. The van der Waals surface area contributed by atoms with Crippen LogP contribution in [0.4, 0.5) is 5.82 Å². The summed E-state index contributed by atoms with van der Waals surface area (Å²) < 4.78 is 10.5. The van der Waals surface area contributed by atoms with Crippen molar-refractivity contribution in [1.29, 1.82) is 0 Å². The first-order valence-electron chi connectivity index (χ1n) is 5.25. The molecule has 0 amide bonds. The first-order chi connectivity index (χ1) is 7.83. The van der Waals surface area contributed by atoms with Gasteiger partial charge in [0.2, 0.25) is 0 Å². The quantitative estimate of drug-likeness (QED) is 0.791. The number of fused-ring (bicyclic) bond motifs is 1. The van der Waals surface area contributed by atoms with E-state index in [2.05, 4.69) is 17.3 Å². The van der Waals surface area contributed by atoms with Crippen LogP contribution >= 0.6 is 0 Å². The van der Waals surface area contributed by atoms with Crippen molar-refractivity contribution < 1.29 is 9.26 Å². The predicted molar refractivity (Wildman–Crippen MR) is 59.7 cm³/mol. The van der Waals surface area contributed by atoms with Crippen molar-refractivity contribution in [3.8, 4) is 11.3 Å². The average molecular weight is 216 g/mol. The van der Waals surface area contributed by atoms with E-state index in [-0.39, 0.29) is 0 Å². The molecule has 0 bridgehead atoms. The third-order valence-electron chi connectivity index (χ3n) is 2.79. The van der Waals surface area contributed by atoms with E-state index in [1.165, 1.54) is 11.1 Å². The van der Waals surface area contributed by atoms with E-state index >= 15 is 0 Å². The number of rotatable bonds is 1. The van der Waals surface area contributed by atoms with Crippen molar-refractivity contribution in [2.24, 2.45) is 0 Å². The Morgan fingerprint density at radius 2 is 2.12 bits per heavy atom. The van der Waals surface area contributed by atoms with Gasteiger partial charge < -0.3 is 15.0 Å². The molecule has 1 aliphatic rings. The highest BCUT2D eigenvalue weighted by Crippen LogP contribution is 2.26. The molecule has 1 aromatic carbocycles. The zero-order valence-corrected chi connectivity index (χ0v) is 8.77. The lowest BCUT2D eigenvalue weighted by Gasteiger charge is -2.16. The van der Waals surface area contributed by atoms with Gasteiger partial charge in [-0.3, -0.25) is 0 Å². The number of benzene rings is 1. The molecular formula is C12H12N2O2. The Kier molecular flexibility index (Phi) is 2.15. The molecule has 0 spiro atoms. The van der Waals surface area contributed by atoms with Crippen LogP contribution in [0.3, 0.4) is 0 Å². The number of hydrogen-bond donors (Lipinski definition) is 1. The van der Waals surface area contributed by atoms with Gasteiger partial charge in [-0.1, -0.05) is 17.3 Å². The van der Waals surface area contributed by atoms with E-state index in [1.54, 1.807) is 6.07 Å². The molecule has 4 nitrogen and oxygen atoms in total. The van der Waals surface area contributed by atoms with Crippen LogP contribution < -0.4 is 5.73 Å². The third kappa shape index (κ3) is 1.57. The first-order valence-corrected chi connectivity index (χ1v) is 5.25. The van der Waals surface area contributed by atoms with Gasteiger partial charge in [0.1, 0.15) is 0 Å². The van der Waals surface area contributed by atoms with Crippen LogP contribution in [0.5, 0.6) is 0 Å². The molecule has 4 heteroatoms. The van der Waals surface area contributed by atoms with Gasteiger partial charge in [0.05, 0.1) is 13.2 Å². The number of aromatic nitrogens is 1. The minimum Gasteiger partial charge on any atom is -0.381 e. The van der Waals surface area contributed by atoms with Crippen LogP contribution in [0.25, 0.3) is 11.3 Å². The maximum atomic E-state index is 5.52. The monoisotopic (exact) mass is 216 g/mol. The SMILES string of the molecule is Nc1cc(-c2ccc3c(c2)COCC3)on1. The fourth-order valence-electron chi connectivity index (χ4n) is 1.95. The molecular weight excluding hydrogens is 204 g/mol. The predicted octanol–water partition coefficient (Wildman–Crippen LogP) is 2.00. The number of nitrogens with two attached hydrogens (primary N) is 1. The van der Waals surface area contributed by atoms with Crippen LogP contribution in [-0.4, -0.2) is 11.8 Å². The third-order valence-corrected chi connectivity index (χ3v) is 2.79. The fraction of sp³-hybridized carbons (Fsp3) is 0.250. The molecule has 0 saturated heterocycles. The Hall–Kier alpha value is -1.81. The maximum absolute atomic E-state index is 5.52. The summed E-state index contributed by atoms with van der Waals surface area (Å²) in [4.78, 5) is 0. The zero-order valence-electron chi connectivity index (χ0n) is 8.77. The average Bonchev–Trinajstić information content (AvgIpc) is 2.75. The van der Waals surface area contributed by atoms with E-state index in [4.69, 9.17) is 15.0 Å². The summed E-state index contributed by atoms with van der Waals surface area (Å²) >= 11 is 0. The lowest BCUT2D eigenvalue weighted by atomic mass is 9.99. The molecule has 1 aliphatic heterocycles. The molecule has 0 fully saturated rings. The fourth-order valence-corrected chi connectivity index (χ4v) is 1.95. The normalized spacial score (nSPS) is 14.8. The van der Waals surface area contributed by atoms with Gasteiger partial charge in [-0.25, -0.2) is 0 Å². The first kappa shape index (κ1) is 9.42.